The molecule has 3 nitrogen and oxygen atoms in total. The maximum Gasteiger partial charge on any atom is 0.0580 e. The Morgan fingerprint density at radius 2 is 2.20 bits per heavy atom. The molecule has 2 atom stereocenters. The number of aryl methyl sites for hydroxylation is 1. The van der Waals surface area contributed by atoms with E-state index >= 15 is 0 Å². The fourth-order valence-electron chi connectivity index (χ4n) is 3.61. The Labute approximate surface area is 122 Å². The summed E-state index contributed by atoms with van der Waals surface area (Å²) in [6.07, 6.45) is 5.71. The number of rotatable bonds is 4. The minimum atomic E-state index is -0.0836. The molecule has 0 radical (unpaired) electrons. The molecule has 0 saturated heterocycles. The quantitative estimate of drug-likeness (QED) is 0.884. The molecule has 2 unspecified atom stereocenters. The molecule has 0 spiro atoms. The minimum Gasteiger partial charge on any atom is -0.393 e. The molecular weight excluding hydrogens is 248 g/mol. The first-order chi connectivity index (χ1) is 9.74. The smallest absolute Gasteiger partial charge is 0.0580 e. The molecule has 0 bridgehead atoms. The van der Waals surface area contributed by atoms with Gasteiger partial charge in [-0.25, -0.2) is 0 Å². The predicted molar refractivity (Wildman–Crippen MR) is 83.1 cm³/mol. The third kappa shape index (κ3) is 2.99. The number of hydrogen-bond donors (Lipinski definition) is 2. The van der Waals surface area contributed by atoms with Gasteiger partial charge in [0.2, 0.25) is 0 Å². The first-order valence-electron chi connectivity index (χ1n) is 7.96. The number of aliphatic hydroxyl groups excluding tert-OH is 1. The van der Waals surface area contributed by atoms with E-state index in [-0.39, 0.29) is 6.10 Å². The van der Waals surface area contributed by atoms with E-state index in [4.69, 9.17) is 0 Å². The summed E-state index contributed by atoms with van der Waals surface area (Å²) in [6, 6.07) is 6.84. The maximum absolute atomic E-state index is 9.83. The van der Waals surface area contributed by atoms with Gasteiger partial charge in [0, 0.05) is 32.4 Å². The highest BCUT2D eigenvalue weighted by Crippen LogP contribution is 2.27. The number of benzene rings is 1. The lowest BCUT2D eigenvalue weighted by Crippen LogP contribution is -2.28. The van der Waals surface area contributed by atoms with Crippen molar-refractivity contribution in [2.24, 2.45) is 5.92 Å². The van der Waals surface area contributed by atoms with Crippen LogP contribution in [-0.2, 0) is 13.0 Å². The topological polar surface area (TPSA) is 35.5 Å². The van der Waals surface area contributed by atoms with E-state index in [0.29, 0.717) is 5.92 Å². The molecule has 1 fully saturated rings. The van der Waals surface area contributed by atoms with Crippen molar-refractivity contribution in [3.05, 3.63) is 29.3 Å². The van der Waals surface area contributed by atoms with Crippen molar-refractivity contribution in [3.8, 4) is 0 Å². The molecule has 1 aliphatic heterocycles. The average molecular weight is 274 g/mol. The molecule has 20 heavy (non-hydrogen) atoms. The molecule has 0 aromatic heterocycles. The van der Waals surface area contributed by atoms with Crippen LogP contribution in [0.5, 0.6) is 0 Å². The van der Waals surface area contributed by atoms with E-state index in [1.54, 1.807) is 0 Å². The van der Waals surface area contributed by atoms with Crippen LogP contribution in [0.3, 0.4) is 0 Å². The monoisotopic (exact) mass is 274 g/mol. The number of nitrogens with one attached hydrogen (secondary N) is 1. The highest BCUT2D eigenvalue weighted by atomic mass is 16.3. The SMILES string of the molecule is CN1CCCc2cc(CNCC3CCCC3O)ccc21. The van der Waals surface area contributed by atoms with Crippen molar-refractivity contribution < 1.29 is 5.11 Å². The van der Waals surface area contributed by atoms with Crippen molar-refractivity contribution in [3.63, 3.8) is 0 Å². The molecule has 1 saturated carbocycles. The molecule has 3 rings (SSSR count). The Hall–Kier alpha value is -1.06. The molecule has 0 amide bonds. The Balaban J connectivity index is 1.55. The zero-order valence-corrected chi connectivity index (χ0v) is 12.4. The van der Waals surface area contributed by atoms with E-state index in [1.807, 2.05) is 0 Å². The Morgan fingerprint density at radius 1 is 1.30 bits per heavy atom. The van der Waals surface area contributed by atoms with Gasteiger partial charge in [-0.2, -0.15) is 0 Å². The van der Waals surface area contributed by atoms with Gasteiger partial charge in [-0.05, 0) is 48.8 Å². The second-order valence-corrected chi connectivity index (χ2v) is 6.38. The maximum atomic E-state index is 9.83. The lowest BCUT2D eigenvalue weighted by molar-refractivity contribution is 0.131. The molecule has 2 aliphatic rings. The van der Waals surface area contributed by atoms with Gasteiger partial charge in [-0.15, -0.1) is 0 Å². The van der Waals surface area contributed by atoms with Crippen LogP contribution in [0.4, 0.5) is 5.69 Å². The van der Waals surface area contributed by atoms with Crippen LogP contribution in [0.1, 0.15) is 36.8 Å². The molecule has 1 aromatic rings. The van der Waals surface area contributed by atoms with Gasteiger partial charge in [0.1, 0.15) is 0 Å². The van der Waals surface area contributed by atoms with Crippen LogP contribution in [0.25, 0.3) is 0 Å². The highest BCUT2D eigenvalue weighted by Gasteiger charge is 2.24. The number of aliphatic hydroxyl groups is 1. The summed E-state index contributed by atoms with van der Waals surface area (Å²) in [6.45, 7) is 3.03. The molecular formula is C17H26N2O. The summed E-state index contributed by atoms with van der Waals surface area (Å²) in [5, 5.41) is 13.3. The van der Waals surface area contributed by atoms with E-state index in [9.17, 15) is 5.11 Å². The Morgan fingerprint density at radius 3 is 3.00 bits per heavy atom. The van der Waals surface area contributed by atoms with Crippen LogP contribution in [-0.4, -0.2) is 31.3 Å². The number of hydrogen-bond acceptors (Lipinski definition) is 3. The normalized spacial score (nSPS) is 25.8. The van der Waals surface area contributed by atoms with Crippen molar-refractivity contribution in [2.75, 3.05) is 25.0 Å². The van der Waals surface area contributed by atoms with Gasteiger partial charge in [0.15, 0.2) is 0 Å². The third-order valence-corrected chi connectivity index (χ3v) is 4.85. The summed E-state index contributed by atoms with van der Waals surface area (Å²) in [7, 11) is 2.18. The first kappa shape index (κ1) is 13.9. The lowest BCUT2D eigenvalue weighted by Gasteiger charge is -2.28. The van der Waals surface area contributed by atoms with Crippen molar-refractivity contribution in [1.29, 1.82) is 0 Å². The highest BCUT2D eigenvalue weighted by molar-refractivity contribution is 5.56. The first-order valence-corrected chi connectivity index (χ1v) is 7.96. The molecule has 1 heterocycles. The Kier molecular flexibility index (Phi) is 4.27. The summed E-state index contributed by atoms with van der Waals surface area (Å²) < 4.78 is 0. The van der Waals surface area contributed by atoms with Gasteiger partial charge in [-0.1, -0.05) is 18.6 Å². The largest absolute Gasteiger partial charge is 0.393 e. The van der Waals surface area contributed by atoms with E-state index in [0.717, 1.165) is 19.5 Å². The summed E-state index contributed by atoms with van der Waals surface area (Å²) in [4.78, 5) is 2.35. The predicted octanol–water partition coefficient (Wildman–Crippen LogP) is 2.32. The average Bonchev–Trinajstić information content (AvgIpc) is 2.85. The van der Waals surface area contributed by atoms with Gasteiger partial charge >= 0.3 is 0 Å². The summed E-state index contributed by atoms with van der Waals surface area (Å²) in [5.74, 6) is 0.457. The Bertz CT molecular complexity index is 460. The number of fused-ring (bicyclic) bond motifs is 1. The molecule has 2 N–H and O–H groups in total. The van der Waals surface area contributed by atoms with Crippen LogP contribution < -0.4 is 10.2 Å². The van der Waals surface area contributed by atoms with Crippen LogP contribution in [0.15, 0.2) is 18.2 Å². The van der Waals surface area contributed by atoms with Gasteiger partial charge < -0.3 is 15.3 Å². The van der Waals surface area contributed by atoms with E-state index < -0.39 is 0 Å². The van der Waals surface area contributed by atoms with Crippen molar-refractivity contribution in [2.45, 2.75) is 44.8 Å². The number of anilines is 1. The molecule has 3 heteroatoms. The summed E-state index contributed by atoms with van der Waals surface area (Å²) in [5.41, 5.74) is 4.25. The summed E-state index contributed by atoms with van der Waals surface area (Å²) >= 11 is 0. The van der Waals surface area contributed by atoms with E-state index in [2.05, 4.69) is 35.5 Å². The zero-order valence-electron chi connectivity index (χ0n) is 12.4. The fourth-order valence-corrected chi connectivity index (χ4v) is 3.61. The number of nitrogens with zero attached hydrogens (tertiary/aromatic N) is 1. The second kappa shape index (κ2) is 6.15. The second-order valence-electron chi connectivity index (χ2n) is 6.38. The molecule has 1 aliphatic carbocycles. The van der Waals surface area contributed by atoms with E-state index in [1.165, 1.54) is 49.0 Å². The minimum absolute atomic E-state index is 0.0836. The molecule has 1 aromatic carbocycles. The lowest BCUT2D eigenvalue weighted by atomic mass is 9.99. The van der Waals surface area contributed by atoms with Crippen molar-refractivity contribution in [1.82, 2.24) is 5.32 Å². The standard InChI is InChI=1S/C17H26N2O/c1-19-9-3-5-14-10-13(7-8-16(14)19)11-18-12-15-4-2-6-17(15)20/h7-8,10,15,17-18,20H,2-6,9,11-12H2,1H3. The van der Waals surface area contributed by atoms with Gasteiger partial charge in [-0.3, -0.25) is 0 Å². The third-order valence-electron chi connectivity index (χ3n) is 4.85. The van der Waals surface area contributed by atoms with Gasteiger partial charge in [0.05, 0.1) is 6.10 Å². The van der Waals surface area contributed by atoms with Crippen molar-refractivity contribution >= 4 is 5.69 Å². The van der Waals surface area contributed by atoms with Crippen LogP contribution >= 0.6 is 0 Å². The van der Waals surface area contributed by atoms with Crippen LogP contribution in [0, 0.1) is 5.92 Å². The molecule has 110 valence electrons. The van der Waals surface area contributed by atoms with Crippen LogP contribution in [0.2, 0.25) is 0 Å². The fraction of sp³-hybridized carbons (Fsp3) is 0.647. The zero-order chi connectivity index (χ0) is 13.9. The van der Waals surface area contributed by atoms with Gasteiger partial charge in [0.25, 0.3) is 0 Å².